The van der Waals surface area contributed by atoms with Crippen LogP contribution in [-0.2, 0) is 0 Å². The first-order valence-corrected chi connectivity index (χ1v) is 7.36. The van der Waals surface area contributed by atoms with Gasteiger partial charge in [-0.1, -0.05) is 49.6 Å². The number of rotatable bonds is 3. The van der Waals surface area contributed by atoms with Crippen molar-refractivity contribution in [2.24, 2.45) is 5.92 Å². The first-order valence-electron chi connectivity index (χ1n) is 6.95. The Morgan fingerprint density at radius 1 is 1.16 bits per heavy atom. The number of aromatic amines is 1. The summed E-state index contributed by atoms with van der Waals surface area (Å²) in [4.78, 5) is 0.367. The molecule has 100 valence electrons. The maximum Gasteiger partial charge on any atom is 0.284 e. The fourth-order valence-corrected chi connectivity index (χ4v) is 3.25. The molecule has 0 amide bonds. The lowest BCUT2D eigenvalue weighted by Crippen LogP contribution is -2.18. The summed E-state index contributed by atoms with van der Waals surface area (Å²) in [6.45, 7) is 0. The van der Waals surface area contributed by atoms with Crippen LogP contribution in [0, 0.1) is 10.8 Å². The number of hydrogen-bond donors (Lipinski definition) is 1. The van der Waals surface area contributed by atoms with E-state index in [0.717, 1.165) is 5.89 Å². The Kier molecular flexibility index (Phi) is 3.78. The average Bonchev–Trinajstić information content (AvgIpc) is 2.88. The standard InChI is InChI=1S/C15H18N2OS/c19-15-17-16-14(18-15)13(11-7-3-1-4-8-11)12-9-5-2-6-10-12/h1,3-4,7-8,12-13H,2,5-6,9-10H2,(H,17,19)/t13-/m1/s1. The van der Waals surface area contributed by atoms with Crippen LogP contribution < -0.4 is 0 Å². The van der Waals surface area contributed by atoms with Gasteiger partial charge in [0.05, 0.1) is 5.92 Å². The third-order valence-corrected chi connectivity index (χ3v) is 4.18. The largest absolute Gasteiger partial charge is 0.413 e. The Bertz CT molecular complexity index is 569. The molecule has 3 rings (SSSR count). The molecule has 0 bridgehead atoms. The molecule has 1 atom stereocenters. The molecule has 19 heavy (non-hydrogen) atoms. The Labute approximate surface area is 118 Å². The van der Waals surface area contributed by atoms with Gasteiger partial charge in [-0.05, 0) is 36.5 Å². The Morgan fingerprint density at radius 2 is 1.89 bits per heavy atom. The van der Waals surface area contributed by atoms with Crippen LogP contribution in [0.5, 0.6) is 0 Å². The highest BCUT2D eigenvalue weighted by Crippen LogP contribution is 2.39. The first kappa shape index (κ1) is 12.6. The van der Waals surface area contributed by atoms with E-state index < -0.39 is 0 Å². The van der Waals surface area contributed by atoms with Crippen LogP contribution >= 0.6 is 12.2 Å². The normalized spacial score (nSPS) is 18.3. The molecule has 4 heteroatoms. The molecule has 0 spiro atoms. The number of aromatic nitrogens is 2. The number of hydrogen-bond acceptors (Lipinski definition) is 3. The van der Waals surface area contributed by atoms with Gasteiger partial charge < -0.3 is 4.42 Å². The van der Waals surface area contributed by atoms with Gasteiger partial charge in [0.1, 0.15) is 0 Å². The summed E-state index contributed by atoms with van der Waals surface area (Å²) >= 11 is 5.02. The highest BCUT2D eigenvalue weighted by atomic mass is 32.1. The zero-order valence-corrected chi connectivity index (χ0v) is 11.7. The van der Waals surface area contributed by atoms with Crippen molar-refractivity contribution in [1.29, 1.82) is 0 Å². The van der Waals surface area contributed by atoms with Gasteiger partial charge in [-0.2, -0.15) is 0 Å². The van der Waals surface area contributed by atoms with E-state index in [4.69, 9.17) is 16.6 Å². The van der Waals surface area contributed by atoms with Gasteiger partial charge >= 0.3 is 0 Å². The molecular formula is C15H18N2OS. The molecule has 1 fully saturated rings. The summed E-state index contributed by atoms with van der Waals surface area (Å²) in [5, 5.41) is 7.03. The van der Waals surface area contributed by atoms with E-state index in [1.54, 1.807) is 0 Å². The van der Waals surface area contributed by atoms with E-state index in [1.807, 2.05) is 6.07 Å². The van der Waals surface area contributed by atoms with Crippen LogP contribution in [0.1, 0.15) is 49.5 Å². The van der Waals surface area contributed by atoms with Gasteiger partial charge in [0, 0.05) is 0 Å². The smallest absolute Gasteiger partial charge is 0.284 e. The van der Waals surface area contributed by atoms with Crippen LogP contribution in [0.2, 0.25) is 0 Å². The molecule has 0 unspecified atom stereocenters. The van der Waals surface area contributed by atoms with Crippen molar-refractivity contribution in [3.63, 3.8) is 0 Å². The minimum Gasteiger partial charge on any atom is -0.413 e. The number of benzene rings is 1. The number of nitrogens with zero attached hydrogens (tertiary/aromatic N) is 1. The second kappa shape index (κ2) is 5.70. The van der Waals surface area contributed by atoms with E-state index in [1.165, 1.54) is 37.7 Å². The zero-order valence-electron chi connectivity index (χ0n) is 10.8. The average molecular weight is 274 g/mol. The second-order valence-corrected chi connectivity index (χ2v) is 5.61. The number of H-pyrrole nitrogens is 1. The van der Waals surface area contributed by atoms with Crippen molar-refractivity contribution in [1.82, 2.24) is 10.2 Å². The molecule has 1 N–H and O–H groups in total. The van der Waals surface area contributed by atoms with Crippen molar-refractivity contribution in [2.75, 3.05) is 0 Å². The number of nitrogens with one attached hydrogen (secondary N) is 1. The Hall–Kier alpha value is -1.42. The van der Waals surface area contributed by atoms with Gasteiger partial charge in [0.2, 0.25) is 5.89 Å². The molecule has 2 aromatic rings. The van der Waals surface area contributed by atoms with Gasteiger partial charge in [-0.3, -0.25) is 0 Å². The quantitative estimate of drug-likeness (QED) is 0.841. The lowest BCUT2D eigenvalue weighted by molar-refractivity contribution is 0.294. The SMILES string of the molecule is S=c1[nH]nc([C@H](c2ccccc2)C2CCCCC2)o1. The lowest BCUT2D eigenvalue weighted by atomic mass is 9.77. The van der Waals surface area contributed by atoms with Gasteiger partial charge in [-0.25, -0.2) is 5.10 Å². The Balaban J connectivity index is 1.97. The van der Waals surface area contributed by atoms with Crippen LogP contribution in [0.15, 0.2) is 34.7 Å². The van der Waals surface area contributed by atoms with Crippen LogP contribution in [-0.4, -0.2) is 10.2 Å². The topological polar surface area (TPSA) is 41.8 Å². The van der Waals surface area contributed by atoms with Gasteiger partial charge in [-0.15, -0.1) is 5.10 Å². The van der Waals surface area contributed by atoms with Crippen molar-refractivity contribution in [2.45, 2.75) is 38.0 Å². The van der Waals surface area contributed by atoms with E-state index in [2.05, 4.69) is 34.5 Å². The first-order chi connectivity index (χ1) is 9.34. The molecule has 3 nitrogen and oxygen atoms in total. The molecule has 1 aromatic heterocycles. The third kappa shape index (κ3) is 2.78. The van der Waals surface area contributed by atoms with Gasteiger partial charge in [0.25, 0.3) is 4.84 Å². The van der Waals surface area contributed by atoms with Gasteiger partial charge in [0.15, 0.2) is 0 Å². The summed E-state index contributed by atoms with van der Waals surface area (Å²) in [6, 6.07) is 10.5. The minimum absolute atomic E-state index is 0.231. The highest BCUT2D eigenvalue weighted by molar-refractivity contribution is 7.71. The van der Waals surface area contributed by atoms with Crippen molar-refractivity contribution in [3.05, 3.63) is 46.6 Å². The molecular weight excluding hydrogens is 256 g/mol. The van der Waals surface area contributed by atoms with E-state index in [0.29, 0.717) is 10.8 Å². The zero-order chi connectivity index (χ0) is 13.1. The molecule has 1 saturated carbocycles. The third-order valence-electron chi connectivity index (χ3n) is 4.00. The minimum atomic E-state index is 0.231. The molecule has 1 aromatic carbocycles. The van der Waals surface area contributed by atoms with Crippen molar-refractivity contribution in [3.8, 4) is 0 Å². The molecule has 0 aliphatic heterocycles. The lowest BCUT2D eigenvalue weighted by Gasteiger charge is -2.28. The summed E-state index contributed by atoms with van der Waals surface area (Å²) in [5.74, 6) is 1.58. The molecule has 0 radical (unpaired) electrons. The van der Waals surface area contributed by atoms with E-state index >= 15 is 0 Å². The van der Waals surface area contributed by atoms with Crippen LogP contribution in [0.25, 0.3) is 0 Å². The predicted molar refractivity (Wildman–Crippen MR) is 76.5 cm³/mol. The molecule has 1 aliphatic rings. The predicted octanol–water partition coefficient (Wildman–Crippen LogP) is 4.44. The monoisotopic (exact) mass is 274 g/mol. The molecule has 1 heterocycles. The fraction of sp³-hybridized carbons (Fsp3) is 0.467. The van der Waals surface area contributed by atoms with Crippen LogP contribution in [0.4, 0.5) is 0 Å². The molecule has 0 saturated heterocycles. The molecule has 1 aliphatic carbocycles. The van der Waals surface area contributed by atoms with E-state index in [-0.39, 0.29) is 5.92 Å². The summed E-state index contributed by atoms with van der Waals surface area (Å²) in [5.41, 5.74) is 1.28. The van der Waals surface area contributed by atoms with Crippen molar-refractivity contribution >= 4 is 12.2 Å². The van der Waals surface area contributed by atoms with E-state index in [9.17, 15) is 0 Å². The summed E-state index contributed by atoms with van der Waals surface area (Å²) in [6.07, 6.45) is 6.45. The summed E-state index contributed by atoms with van der Waals surface area (Å²) < 4.78 is 5.60. The summed E-state index contributed by atoms with van der Waals surface area (Å²) in [7, 11) is 0. The fourth-order valence-electron chi connectivity index (χ4n) is 3.12. The second-order valence-electron chi connectivity index (χ2n) is 5.24. The maximum atomic E-state index is 5.60. The van der Waals surface area contributed by atoms with Crippen molar-refractivity contribution < 1.29 is 4.42 Å². The Morgan fingerprint density at radius 3 is 2.53 bits per heavy atom. The van der Waals surface area contributed by atoms with Crippen LogP contribution in [0.3, 0.4) is 0 Å². The maximum absolute atomic E-state index is 5.60. The highest BCUT2D eigenvalue weighted by Gasteiger charge is 2.30.